The van der Waals surface area contributed by atoms with Crippen molar-refractivity contribution in [3.63, 3.8) is 0 Å². The second-order valence-corrected chi connectivity index (χ2v) is 5.71. The Kier molecular flexibility index (Phi) is 4.60. The minimum absolute atomic E-state index is 0.297. The summed E-state index contributed by atoms with van der Waals surface area (Å²) in [5.74, 6) is 0.411. The molecule has 5 heteroatoms. The number of hydrogen-bond donors (Lipinski definition) is 0. The predicted molar refractivity (Wildman–Crippen MR) is 77.1 cm³/mol. The van der Waals surface area contributed by atoms with E-state index in [0.717, 1.165) is 19.6 Å². The maximum absolute atomic E-state index is 11.9. The second kappa shape index (κ2) is 6.62. The molecule has 1 saturated heterocycles. The van der Waals surface area contributed by atoms with Gasteiger partial charge in [-0.15, -0.1) is 0 Å². The lowest BCUT2D eigenvalue weighted by Gasteiger charge is -2.43. The van der Waals surface area contributed by atoms with E-state index in [1.165, 1.54) is 19.3 Å². The zero-order valence-corrected chi connectivity index (χ0v) is 12.5. The second-order valence-electron chi connectivity index (χ2n) is 5.71. The Morgan fingerprint density at radius 1 is 1.43 bits per heavy atom. The number of carbonyl (C=O) groups excluding carboxylic acids is 1. The lowest BCUT2D eigenvalue weighted by Crippen LogP contribution is -2.52. The Hall–Kier alpha value is -1.33. The van der Waals surface area contributed by atoms with Crippen LogP contribution < -0.4 is 0 Å². The Balaban J connectivity index is 1.71. The molecule has 1 aromatic rings. The minimum atomic E-state index is -0.297. The van der Waals surface area contributed by atoms with Crippen molar-refractivity contribution in [2.45, 2.75) is 51.3 Å². The van der Waals surface area contributed by atoms with E-state index in [-0.39, 0.29) is 5.97 Å². The van der Waals surface area contributed by atoms with Crippen LogP contribution in [-0.2, 0) is 16.0 Å². The molecule has 5 nitrogen and oxygen atoms in total. The molecule has 1 saturated carbocycles. The summed E-state index contributed by atoms with van der Waals surface area (Å²) in [6.07, 6.45) is 6.73. The third kappa shape index (κ3) is 3.14. The molecule has 2 atom stereocenters. The molecule has 2 heterocycles. The van der Waals surface area contributed by atoms with Gasteiger partial charge in [-0.2, -0.15) is 0 Å². The lowest BCUT2D eigenvalue weighted by molar-refractivity contribution is -0.0927. The van der Waals surface area contributed by atoms with Crippen LogP contribution in [0.1, 0.15) is 48.7 Å². The third-order valence-corrected chi connectivity index (χ3v) is 4.43. The Labute approximate surface area is 125 Å². The van der Waals surface area contributed by atoms with Crippen LogP contribution >= 0.6 is 0 Å². The quantitative estimate of drug-likeness (QED) is 0.799. The van der Waals surface area contributed by atoms with Crippen molar-refractivity contribution in [1.82, 2.24) is 4.90 Å². The summed E-state index contributed by atoms with van der Waals surface area (Å²) in [6, 6.07) is 2.15. The molecule has 0 N–H and O–H groups in total. The summed E-state index contributed by atoms with van der Waals surface area (Å²) >= 11 is 0. The summed E-state index contributed by atoms with van der Waals surface area (Å²) < 4.78 is 16.5. The van der Waals surface area contributed by atoms with Crippen LogP contribution in [0.3, 0.4) is 0 Å². The van der Waals surface area contributed by atoms with Crippen LogP contribution in [0.4, 0.5) is 0 Å². The van der Waals surface area contributed by atoms with Gasteiger partial charge in [-0.05, 0) is 25.8 Å². The van der Waals surface area contributed by atoms with Gasteiger partial charge in [-0.1, -0.05) is 12.8 Å². The summed E-state index contributed by atoms with van der Waals surface area (Å²) in [4.78, 5) is 14.3. The van der Waals surface area contributed by atoms with E-state index in [0.29, 0.717) is 36.6 Å². The first kappa shape index (κ1) is 14.6. The molecule has 0 radical (unpaired) electrons. The van der Waals surface area contributed by atoms with Crippen molar-refractivity contribution in [2.75, 3.05) is 19.8 Å². The van der Waals surface area contributed by atoms with E-state index in [4.69, 9.17) is 13.9 Å². The van der Waals surface area contributed by atoms with Crippen molar-refractivity contribution in [2.24, 2.45) is 0 Å². The van der Waals surface area contributed by atoms with Crippen molar-refractivity contribution >= 4 is 5.97 Å². The molecule has 0 amide bonds. The number of rotatable bonds is 4. The van der Waals surface area contributed by atoms with E-state index in [1.807, 2.05) is 6.92 Å². The van der Waals surface area contributed by atoms with E-state index in [9.17, 15) is 4.79 Å². The summed E-state index contributed by atoms with van der Waals surface area (Å²) in [7, 11) is 0. The van der Waals surface area contributed by atoms with Gasteiger partial charge in [0.25, 0.3) is 0 Å². The molecule has 0 unspecified atom stereocenters. The van der Waals surface area contributed by atoms with Gasteiger partial charge in [0.15, 0.2) is 0 Å². The highest BCUT2D eigenvalue weighted by molar-refractivity contribution is 5.90. The smallest absolute Gasteiger partial charge is 0.341 e. The predicted octanol–water partition coefficient (Wildman–Crippen LogP) is 2.60. The number of nitrogens with zero attached hydrogens (tertiary/aromatic N) is 1. The van der Waals surface area contributed by atoms with Crippen molar-refractivity contribution in [3.8, 4) is 0 Å². The van der Waals surface area contributed by atoms with Crippen molar-refractivity contribution in [3.05, 3.63) is 23.7 Å². The van der Waals surface area contributed by atoms with Gasteiger partial charge in [0, 0.05) is 12.6 Å². The van der Waals surface area contributed by atoms with Crippen LogP contribution in [0.5, 0.6) is 0 Å². The highest BCUT2D eigenvalue weighted by Gasteiger charge is 2.35. The van der Waals surface area contributed by atoms with Crippen molar-refractivity contribution < 1.29 is 18.7 Å². The largest absolute Gasteiger partial charge is 0.467 e. The minimum Gasteiger partial charge on any atom is -0.467 e. The van der Waals surface area contributed by atoms with E-state index < -0.39 is 0 Å². The zero-order valence-electron chi connectivity index (χ0n) is 12.5. The first-order valence-corrected chi connectivity index (χ1v) is 7.88. The first-order chi connectivity index (χ1) is 10.3. The van der Waals surface area contributed by atoms with Gasteiger partial charge in [0.2, 0.25) is 0 Å². The number of morpholine rings is 1. The number of carbonyl (C=O) groups is 1. The highest BCUT2D eigenvalue weighted by Crippen LogP contribution is 2.30. The summed E-state index contributed by atoms with van der Waals surface area (Å²) in [5.41, 5.74) is 0.552. The average Bonchev–Trinajstić information content (AvgIpc) is 2.96. The van der Waals surface area contributed by atoms with Crippen LogP contribution in [0.25, 0.3) is 0 Å². The monoisotopic (exact) mass is 293 g/mol. The fraction of sp³-hybridized carbons (Fsp3) is 0.688. The van der Waals surface area contributed by atoms with E-state index >= 15 is 0 Å². The molecular formula is C16H23NO4. The molecule has 116 valence electrons. The maximum atomic E-state index is 11.9. The van der Waals surface area contributed by atoms with Crippen molar-refractivity contribution in [1.29, 1.82) is 0 Å². The maximum Gasteiger partial charge on any atom is 0.341 e. The third-order valence-electron chi connectivity index (χ3n) is 4.43. The van der Waals surface area contributed by atoms with Gasteiger partial charge >= 0.3 is 5.97 Å². The van der Waals surface area contributed by atoms with Crippen LogP contribution in [0, 0.1) is 0 Å². The number of esters is 1. The molecule has 21 heavy (non-hydrogen) atoms. The molecule has 1 aliphatic heterocycles. The van der Waals surface area contributed by atoms with Gasteiger partial charge in [0.05, 0.1) is 32.1 Å². The number of fused-ring (bicyclic) bond motifs is 1. The van der Waals surface area contributed by atoms with E-state index in [1.54, 1.807) is 12.3 Å². The molecule has 0 spiro atoms. The zero-order chi connectivity index (χ0) is 14.7. The first-order valence-electron chi connectivity index (χ1n) is 7.88. The Bertz CT molecular complexity index is 482. The average molecular weight is 293 g/mol. The summed E-state index contributed by atoms with van der Waals surface area (Å²) in [5, 5.41) is 0. The topological polar surface area (TPSA) is 51.9 Å². The Morgan fingerprint density at radius 2 is 2.29 bits per heavy atom. The molecule has 2 aliphatic rings. The van der Waals surface area contributed by atoms with Gasteiger partial charge in [-0.3, -0.25) is 4.90 Å². The Morgan fingerprint density at radius 3 is 3.14 bits per heavy atom. The molecule has 1 aliphatic carbocycles. The molecule has 0 bridgehead atoms. The van der Waals surface area contributed by atoms with Gasteiger partial charge in [0.1, 0.15) is 11.3 Å². The number of furan rings is 1. The van der Waals surface area contributed by atoms with Crippen LogP contribution in [-0.4, -0.2) is 42.8 Å². The SMILES string of the molecule is CCOC(=O)c1ccoc1CN1CCO[C@@H]2CCCC[C@H]21. The van der Waals surface area contributed by atoms with Crippen LogP contribution in [0.2, 0.25) is 0 Å². The highest BCUT2D eigenvalue weighted by atomic mass is 16.5. The fourth-order valence-electron chi connectivity index (χ4n) is 3.41. The van der Waals surface area contributed by atoms with Crippen LogP contribution in [0.15, 0.2) is 16.7 Å². The molecule has 0 aromatic carbocycles. The normalized spacial score (nSPS) is 26.3. The number of hydrogen-bond acceptors (Lipinski definition) is 5. The number of ether oxygens (including phenoxy) is 2. The summed E-state index contributed by atoms with van der Waals surface area (Å²) in [6.45, 7) is 4.50. The molecule has 1 aromatic heterocycles. The van der Waals surface area contributed by atoms with Gasteiger partial charge < -0.3 is 13.9 Å². The van der Waals surface area contributed by atoms with Gasteiger partial charge in [-0.25, -0.2) is 4.79 Å². The molecular weight excluding hydrogens is 270 g/mol. The van der Waals surface area contributed by atoms with E-state index in [2.05, 4.69) is 4.90 Å². The fourth-order valence-corrected chi connectivity index (χ4v) is 3.41. The lowest BCUT2D eigenvalue weighted by atomic mass is 9.90. The molecule has 3 rings (SSSR count). The standard InChI is InChI=1S/C16H23NO4/c1-2-19-16(18)12-7-9-20-15(12)11-17-8-10-21-14-6-4-3-5-13(14)17/h7,9,13-14H,2-6,8,10-11H2,1H3/t13-,14-/m1/s1. The molecule has 2 fully saturated rings.